The number of hydrogen-bond acceptors (Lipinski definition) is 5. The fourth-order valence-corrected chi connectivity index (χ4v) is 2.93. The van der Waals surface area contributed by atoms with Crippen molar-refractivity contribution in [3.05, 3.63) is 84.1 Å². The molecule has 2 aromatic carbocycles. The highest BCUT2D eigenvalue weighted by atomic mass is 16.1. The molecule has 4 rings (SSSR count). The molecule has 0 fully saturated rings. The lowest BCUT2D eigenvalue weighted by Gasteiger charge is -2.11. The summed E-state index contributed by atoms with van der Waals surface area (Å²) in [5.74, 6) is 0.637. The van der Waals surface area contributed by atoms with Crippen LogP contribution in [-0.2, 0) is 6.54 Å². The second-order valence-corrected chi connectivity index (χ2v) is 6.26. The Morgan fingerprint density at radius 2 is 1.85 bits per heavy atom. The number of carbonyl (C=O) groups is 1. The number of nitrogens with two attached hydrogens (primary N) is 1. The van der Waals surface area contributed by atoms with Gasteiger partial charge in [0.05, 0.1) is 16.9 Å². The maximum absolute atomic E-state index is 10.8. The second-order valence-electron chi connectivity index (χ2n) is 6.26. The van der Waals surface area contributed by atoms with Crippen molar-refractivity contribution >= 4 is 28.7 Å². The van der Waals surface area contributed by atoms with Crippen molar-refractivity contribution in [2.24, 2.45) is 0 Å². The van der Waals surface area contributed by atoms with E-state index < -0.39 is 0 Å². The van der Waals surface area contributed by atoms with Crippen LogP contribution in [0.3, 0.4) is 0 Å². The molecule has 0 amide bonds. The maximum atomic E-state index is 10.8. The van der Waals surface area contributed by atoms with Crippen molar-refractivity contribution in [1.82, 2.24) is 9.97 Å². The number of nitrogen functional groups attached to an aromatic ring is 1. The van der Waals surface area contributed by atoms with E-state index >= 15 is 0 Å². The molecule has 0 atom stereocenters. The van der Waals surface area contributed by atoms with Gasteiger partial charge in [-0.3, -0.25) is 9.78 Å². The number of aromatic nitrogens is 2. The van der Waals surface area contributed by atoms with Crippen LogP contribution >= 0.6 is 0 Å². The molecule has 3 N–H and O–H groups in total. The summed E-state index contributed by atoms with van der Waals surface area (Å²) in [5.41, 5.74) is 11.1. The standard InChI is InChI=1S/C22H18N4O/c23-19-8-10-21(17-6-3-15(14-27)4-7-17)26-22(19)25-13-16-5-9-20-18(12-16)2-1-11-24-20/h1-12,14H,13,23H2,(H,25,26). The van der Waals surface area contributed by atoms with Crippen molar-refractivity contribution in [3.8, 4) is 11.3 Å². The van der Waals surface area contributed by atoms with Gasteiger partial charge in [0.25, 0.3) is 0 Å². The highest BCUT2D eigenvalue weighted by Crippen LogP contribution is 2.24. The van der Waals surface area contributed by atoms with E-state index in [9.17, 15) is 4.79 Å². The van der Waals surface area contributed by atoms with E-state index in [0.717, 1.165) is 34.0 Å². The Bertz CT molecular complexity index is 1110. The quantitative estimate of drug-likeness (QED) is 0.522. The van der Waals surface area contributed by atoms with Gasteiger partial charge in [-0.05, 0) is 35.9 Å². The van der Waals surface area contributed by atoms with Gasteiger partial charge in [0.1, 0.15) is 12.1 Å². The molecule has 0 aliphatic rings. The first-order chi connectivity index (χ1) is 13.2. The van der Waals surface area contributed by atoms with E-state index in [1.54, 1.807) is 18.3 Å². The van der Waals surface area contributed by atoms with Crippen molar-refractivity contribution in [2.45, 2.75) is 6.54 Å². The highest BCUT2D eigenvalue weighted by Gasteiger charge is 2.06. The van der Waals surface area contributed by atoms with E-state index in [2.05, 4.69) is 21.4 Å². The van der Waals surface area contributed by atoms with Gasteiger partial charge < -0.3 is 11.1 Å². The Balaban J connectivity index is 1.56. The number of pyridine rings is 2. The van der Waals surface area contributed by atoms with Gasteiger partial charge in [-0.25, -0.2) is 4.98 Å². The lowest BCUT2D eigenvalue weighted by atomic mass is 10.1. The third kappa shape index (κ3) is 3.62. The second kappa shape index (κ2) is 7.25. The summed E-state index contributed by atoms with van der Waals surface area (Å²) in [6.45, 7) is 0.607. The summed E-state index contributed by atoms with van der Waals surface area (Å²) < 4.78 is 0. The topological polar surface area (TPSA) is 80.9 Å². The molecule has 0 bridgehead atoms. The van der Waals surface area contributed by atoms with Crippen molar-refractivity contribution in [1.29, 1.82) is 0 Å². The van der Waals surface area contributed by atoms with E-state index in [-0.39, 0.29) is 0 Å². The molecule has 2 aromatic heterocycles. The molecule has 0 radical (unpaired) electrons. The summed E-state index contributed by atoms with van der Waals surface area (Å²) >= 11 is 0. The van der Waals surface area contributed by atoms with Crippen LogP contribution in [-0.4, -0.2) is 16.3 Å². The number of anilines is 2. The van der Waals surface area contributed by atoms with Gasteiger partial charge in [0.2, 0.25) is 0 Å². The number of rotatable bonds is 5. The first kappa shape index (κ1) is 16.7. The molecule has 132 valence electrons. The summed E-state index contributed by atoms with van der Waals surface area (Å²) in [6.07, 6.45) is 2.62. The smallest absolute Gasteiger partial charge is 0.150 e. The molecule has 0 aliphatic heterocycles. The SMILES string of the molecule is Nc1ccc(-c2ccc(C=O)cc2)nc1NCc1ccc2ncccc2c1. The Kier molecular flexibility index (Phi) is 4.49. The Hall–Kier alpha value is -3.73. The number of nitrogens with one attached hydrogen (secondary N) is 1. The third-order valence-corrected chi connectivity index (χ3v) is 4.40. The normalized spacial score (nSPS) is 10.7. The molecule has 0 spiro atoms. The van der Waals surface area contributed by atoms with Crippen molar-refractivity contribution in [3.63, 3.8) is 0 Å². The van der Waals surface area contributed by atoms with Crippen LogP contribution in [0.2, 0.25) is 0 Å². The predicted octanol–water partition coefficient (Wildman–Crippen LogP) is 4.30. The van der Waals surface area contributed by atoms with Crippen LogP contribution in [0.5, 0.6) is 0 Å². The summed E-state index contributed by atoms with van der Waals surface area (Å²) in [6, 6.07) is 21.1. The molecule has 5 heteroatoms. The Morgan fingerprint density at radius 1 is 1.00 bits per heavy atom. The van der Waals surface area contributed by atoms with Gasteiger partial charge in [-0.1, -0.05) is 36.4 Å². The summed E-state index contributed by atoms with van der Waals surface area (Å²) in [4.78, 5) is 19.8. The number of aldehydes is 1. The zero-order chi connectivity index (χ0) is 18.6. The zero-order valence-electron chi connectivity index (χ0n) is 14.6. The first-order valence-corrected chi connectivity index (χ1v) is 8.62. The number of fused-ring (bicyclic) bond motifs is 1. The van der Waals surface area contributed by atoms with E-state index in [1.165, 1.54) is 0 Å². The van der Waals surface area contributed by atoms with Gasteiger partial charge in [0.15, 0.2) is 0 Å². The molecule has 4 aromatic rings. The predicted molar refractivity (Wildman–Crippen MR) is 109 cm³/mol. The number of hydrogen-bond donors (Lipinski definition) is 2. The van der Waals surface area contributed by atoms with Crippen molar-refractivity contribution in [2.75, 3.05) is 11.1 Å². The fourth-order valence-electron chi connectivity index (χ4n) is 2.93. The number of carbonyl (C=O) groups excluding carboxylic acids is 1. The number of nitrogens with zero attached hydrogens (tertiary/aromatic N) is 2. The third-order valence-electron chi connectivity index (χ3n) is 4.40. The first-order valence-electron chi connectivity index (χ1n) is 8.62. The molecule has 2 heterocycles. The largest absolute Gasteiger partial charge is 0.396 e. The van der Waals surface area contributed by atoms with Crippen LogP contribution < -0.4 is 11.1 Å². The van der Waals surface area contributed by atoms with Crippen LogP contribution in [0.25, 0.3) is 22.2 Å². The molecule has 0 aliphatic carbocycles. The maximum Gasteiger partial charge on any atom is 0.150 e. The van der Waals surface area contributed by atoms with Gasteiger partial charge in [-0.2, -0.15) is 0 Å². The van der Waals surface area contributed by atoms with Crippen molar-refractivity contribution < 1.29 is 4.79 Å². The van der Waals surface area contributed by atoms with Crippen LogP contribution in [0.15, 0.2) is 72.9 Å². The summed E-state index contributed by atoms with van der Waals surface area (Å²) in [5, 5.41) is 4.41. The monoisotopic (exact) mass is 354 g/mol. The minimum absolute atomic E-state index is 0.589. The Morgan fingerprint density at radius 3 is 2.67 bits per heavy atom. The molecule has 27 heavy (non-hydrogen) atoms. The average molecular weight is 354 g/mol. The zero-order valence-corrected chi connectivity index (χ0v) is 14.6. The van der Waals surface area contributed by atoms with Crippen LogP contribution in [0, 0.1) is 0 Å². The Labute approximate surface area is 156 Å². The molecular formula is C22H18N4O. The van der Waals surface area contributed by atoms with E-state index in [0.29, 0.717) is 23.6 Å². The molecule has 0 saturated heterocycles. The molecule has 5 nitrogen and oxygen atoms in total. The minimum atomic E-state index is 0.589. The fraction of sp³-hybridized carbons (Fsp3) is 0.0455. The molecular weight excluding hydrogens is 336 g/mol. The van der Waals surface area contributed by atoms with Crippen LogP contribution in [0.4, 0.5) is 11.5 Å². The van der Waals surface area contributed by atoms with Gasteiger partial charge >= 0.3 is 0 Å². The molecule has 0 saturated carbocycles. The number of benzene rings is 2. The van der Waals surface area contributed by atoms with Gasteiger partial charge in [0, 0.05) is 29.3 Å². The van der Waals surface area contributed by atoms with E-state index in [4.69, 9.17) is 5.73 Å². The summed E-state index contributed by atoms with van der Waals surface area (Å²) in [7, 11) is 0. The lowest BCUT2D eigenvalue weighted by molar-refractivity contribution is 0.112. The van der Waals surface area contributed by atoms with Crippen LogP contribution in [0.1, 0.15) is 15.9 Å². The van der Waals surface area contributed by atoms with Gasteiger partial charge in [-0.15, -0.1) is 0 Å². The van der Waals surface area contributed by atoms with E-state index in [1.807, 2.05) is 48.5 Å². The average Bonchev–Trinajstić information content (AvgIpc) is 2.73. The molecule has 0 unspecified atom stereocenters. The lowest BCUT2D eigenvalue weighted by Crippen LogP contribution is -2.05. The highest BCUT2D eigenvalue weighted by molar-refractivity contribution is 5.79. The minimum Gasteiger partial charge on any atom is -0.396 e.